The second-order valence-corrected chi connectivity index (χ2v) is 8.52. The summed E-state index contributed by atoms with van der Waals surface area (Å²) in [5, 5.41) is 0. The van der Waals surface area contributed by atoms with E-state index in [0.29, 0.717) is 12.3 Å². The van der Waals surface area contributed by atoms with E-state index in [-0.39, 0.29) is 0 Å². The van der Waals surface area contributed by atoms with Crippen LogP contribution in [0.5, 0.6) is 0 Å². The van der Waals surface area contributed by atoms with Crippen molar-refractivity contribution in [3.8, 4) is 0 Å². The van der Waals surface area contributed by atoms with Crippen molar-refractivity contribution in [2.75, 3.05) is 24.5 Å². The molecule has 1 fully saturated rings. The molecule has 2 heterocycles. The molecule has 2 aliphatic heterocycles. The van der Waals surface area contributed by atoms with Crippen molar-refractivity contribution in [1.82, 2.24) is 4.90 Å². The van der Waals surface area contributed by atoms with Crippen molar-refractivity contribution in [3.63, 3.8) is 0 Å². The highest BCUT2D eigenvalue weighted by Gasteiger charge is 2.24. The van der Waals surface area contributed by atoms with Gasteiger partial charge in [0.05, 0.1) is 0 Å². The largest absolute Gasteiger partial charge is 0.312 e. The number of fused-ring (bicyclic) bond motifs is 1. The number of hydrogen-bond acceptors (Lipinski definition) is 2. The molecule has 0 aliphatic carbocycles. The zero-order chi connectivity index (χ0) is 19.3. The van der Waals surface area contributed by atoms with Crippen molar-refractivity contribution in [2.45, 2.75) is 52.0 Å². The van der Waals surface area contributed by atoms with E-state index < -0.39 is 0 Å². The van der Waals surface area contributed by atoms with Gasteiger partial charge in [-0.3, -0.25) is 9.69 Å². The van der Waals surface area contributed by atoms with Crippen LogP contribution in [0.25, 0.3) is 0 Å². The van der Waals surface area contributed by atoms with Crippen LogP contribution in [0.1, 0.15) is 48.8 Å². The molecule has 2 aromatic rings. The van der Waals surface area contributed by atoms with Crippen molar-refractivity contribution >= 4 is 11.6 Å². The summed E-state index contributed by atoms with van der Waals surface area (Å²) < 4.78 is 0. The lowest BCUT2D eigenvalue weighted by Gasteiger charge is -2.33. The molecule has 0 radical (unpaired) electrons. The summed E-state index contributed by atoms with van der Waals surface area (Å²) in [5.74, 6) is 1.11. The first-order valence-electron chi connectivity index (χ1n) is 10.9. The second kappa shape index (κ2) is 8.91. The standard InChI is InChI=1S/C25H32N2O/c1-20-8-10-22(11-9-20)19-26-17-14-21(15-18-26)5-4-16-27-24-7-3-2-6-23(24)12-13-25(27)28/h2-3,6-11,21H,4-5,12-19H2,1H3. The predicted octanol–water partition coefficient (Wildman–Crippen LogP) is 4.97. The van der Waals surface area contributed by atoms with Gasteiger partial charge in [-0.25, -0.2) is 0 Å². The Labute approximate surface area is 169 Å². The number of carbonyl (C=O) groups is 1. The van der Waals surface area contributed by atoms with Gasteiger partial charge in [0.15, 0.2) is 0 Å². The van der Waals surface area contributed by atoms with Crippen LogP contribution in [0.15, 0.2) is 48.5 Å². The fraction of sp³-hybridized carbons (Fsp3) is 0.480. The Balaban J connectivity index is 1.22. The van der Waals surface area contributed by atoms with Gasteiger partial charge in [0.2, 0.25) is 5.91 Å². The van der Waals surface area contributed by atoms with E-state index in [1.54, 1.807) is 0 Å². The Morgan fingerprint density at radius 1 is 0.964 bits per heavy atom. The van der Waals surface area contributed by atoms with Crippen molar-refractivity contribution in [1.29, 1.82) is 0 Å². The molecule has 3 nitrogen and oxygen atoms in total. The number of rotatable bonds is 6. The average Bonchev–Trinajstić information content (AvgIpc) is 2.72. The number of nitrogens with zero attached hydrogens (tertiary/aromatic N) is 2. The third kappa shape index (κ3) is 4.64. The van der Waals surface area contributed by atoms with Crippen LogP contribution in [0.3, 0.4) is 0 Å². The maximum atomic E-state index is 12.4. The summed E-state index contributed by atoms with van der Waals surface area (Å²) in [6.45, 7) is 6.49. The molecule has 2 aromatic carbocycles. The molecule has 0 atom stereocenters. The number of likely N-dealkylation sites (tertiary alicyclic amines) is 1. The van der Waals surface area contributed by atoms with E-state index in [1.807, 2.05) is 11.0 Å². The number of carbonyl (C=O) groups excluding carboxylic acids is 1. The summed E-state index contributed by atoms with van der Waals surface area (Å²) >= 11 is 0. The SMILES string of the molecule is Cc1ccc(CN2CCC(CCCN3C(=O)CCc4ccccc43)CC2)cc1. The molecule has 0 N–H and O–H groups in total. The molecule has 4 rings (SSSR count). The number of anilines is 1. The summed E-state index contributed by atoms with van der Waals surface area (Å²) in [6.07, 6.45) is 6.49. The first kappa shape index (κ1) is 19.2. The van der Waals surface area contributed by atoms with Crippen LogP contribution < -0.4 is 4.90 Å². The molecule has 0 bridgehead atoms. The molecular weight excluding hydrogens is 344 g/mol. The predicted molar refractivity (Wildman–Crippen MR) is 116 cm³/mol. The van der Waals surface area contributed by atoms with Gasteiger partial charge in [0.1, 0.15) is 0 Å². The Bertz CT molecular complexity index is 790. The van der Waals surface area contributed by atoms with E-state index in [0.717, 1.165) is 37.5 Å². The molecule has 28 heavy (non-hydrogen) atoms. The third-order valence-corrected chi connectivity index (χ3v) is 6.42. The topological polar surface area (TPSA) is 23.6 Å². The molecular formula is C25H32N2O. The average molecular weight is 377 g/mol. The summed E-state index contributed by atoms with van der Waals surface area (Å²) in [5.41, 5.74) is 5.22. The number of hydrogen-bond donors (Lipinski definition) is 0. The van der Waals surface area contributed by atoms with Gasteiger partial charge < -0.3 is 4.90 Å². The van der Waals surface area contributed by atoms with Gasteiger partial charge >= 0.3 is 0 Å². The molecule has 1 amide bonds. The zero-order valence-corrected chi connectivity index (χ0v) is 17.1. The summed E-state index contributed by atoms with van der Waals surface area (Å²) in [7, 11) is 0. The van der Waals surface area contributed by atoms with Gasteiger partial charge in [0.25, 0.3) is 0 Å². The van der Waals surface area contributed by atoms with E-state index in [4.69, 9.17) is 0 Å². The maximum absolute atomic E-state index is 12.4. The normalized spacial score (nSPS) is 18.3. The van der Waals surface area contributed by atoms with Crippen LogP contribution >= 0.6 is 0 Å². The van der Waals surface area contributed by atoms with Crippen molar-refractivity contribution in [3.05, 3.63) is 65.2 Å². The molecule has 1 saturated heterocycles. The fourth-order valence-electron chi connectivity index (χ4n) is 4.66. The van der Waals surface area contributed by atoms with E-state index >= 15 is 0 Å². The van der Waals surface area contributed by atoms with Crippen LogP contribution in [0.4, 0.5) is 5.69 Å². The third-order valence-electron chi connectivity index (χ3n) is 6.42. The Morgan fingerprint density at radius 3 is 2.50 bits per heavy atom. The lowest BCUT2D eigenvalue weighted by atomic mass is 9.91. The highest BCUT2D eigenvalue weighted by Crippen LogP contribution is 2.29. The maximum Gasteiger partial charge on any atom is 0.227 e. The van der Waals surface area contributed by atoms with Crippen LogP contribution in [-0.4, -0.2) is 30.4 Å². The van der Waals surface area contributed by atoms with E-state index in [2.05, 4.69) is 54.3 Å². The van der Waals surface area contributed by atoms with Gasteiger partial charge in [-0.1, -0.05) is 48.0 Å². The molecule has 0 aromatic heterocycles. The summed E-state index contributed by atoms with van der Waals surface area (Å²) in [6, 6.07) is 17.3. The highest BCUT2D eigenvalue weighted by atomic mass is 16.2. The zero-order valence-electron chi connectivity index (χ0n) is 17.1. The second-order valence-electron chi connectivity index (χ2n) is 8.52. The molecule has 3 heteroatoms. The Morgan fingerprint density at radius 2 is 1.71 bits per heavy atom. The number of piperidine rings is 1. The highest BCUT2D eigenvalue weighted by molar-refractivity contribution is 5.96. The van der Waals surface area contributed by atoms with Gasteiger partial charge in [-0.05, 0) is 75.2 Å². The van der Waals surface area contributed by atoms with E-state index in [1.165, 1.54) is 49.0 Å². The Kier molecular flexibility index (Phi) is 6.11. The van der Waals surface area contributed by atoms with Crippen LogP contribution in [0, 0.1) is 12.8 Å². The van der Waals surface area contributed by atoms with Crippen molar-refractivity contribution < 1.29 is 4.79 Å². The molecule has 148 valence electrons. The number of aryl methyl sites for hydroxylation is 2. The van der Waals surface area contributed by atoms with Gasteiger partial charge in [-0.2, -0.15) is 0 Å². The number of para-hydroxylation sites is 1. The van der Waals surface area contributed by atoms with E-state index in [9.17, 15) is 4.79 Å². The van der Waals surface area contributed by atoms with Crippen molar-refractivity contribution in [2.24, 2.45) is 5.92 Å². The number of benzene rings is 2. The minimum atomic E-state index is 0.298. The van der Waals surface area contributed by atoms with Crippen LogP contribution in [-0.2, 0) is 17.8 Å². The summed E-state index contributed by atoms with van der Waals surface area (Å²) in [4.78, 5) is 17.0. The smallest absolute Gasteiger partial charge is 0.227 e. The monoisotopic (exact) mass is 376 g/mol. The minimum Gasteiger partial charge on any atom is -0.312 e. The molecule has 2 aliphatic rings. The molecule has 0 saturated carbocycles. The van der Waals surface area contributed by atoms with Gasteiger partial charge in [-0.15, -0.1) is 0 Å². The lowest BCUT2D eigenvalue weighted by Crippen LogP contribution is -2.36. The fourth-order valence-corrected chi connectivity index (χ4v) is 4.66. The number of amides is 1. The first-order chi connectivity index (χ1) is 13.7. The molecule has 0 unspecified atom stereocenters. The quantitative estimate of drug-likeness (QED) is 0.711. The van der Waals surface area contributed by atoms with Gasteiger partial charge in [0, 0.05) is 25.2 Å². The minimum absolute atomic E-state index is 0.298. The Hall–Kier alpha value is -2.13. The first-order valence-corrected chi connectivity index (χ1v) is 10.9. The lowest BCUT2D eigenvalue weighted by molar-refractivity contribution is -0.118. The molecule has 0 spiro atoms. The van der Waals surface area contributed by atoms with Crippen LogP contribution in [0.2, 0.25) is 0 Å².